The lowest BCUT2D eigenvalue weighted by atomic mass is 9.98. The van der Waals surface area contributed by atoms with Crippen molar-refractivity contribution >= 4 is 43.5 Å². The highest BCUT2D eigenvalue weighted by Gasteiger charge is 2.21. The minimum atomic E-state index is -0.516. The summed E-state index contributed by atoms with van der Waals surface area (Å²) in [6.45, 7) is 2.49. The van der Waals surface area contributed by atoms with E-state index in [0.717, 1.165) is 10.5 Å². The fourth-order valence-electron chi connectivity index (χ4n) is 2.09. The van der Waals surface area contributed by atoms with Crippen molar-refractivity contribution in [2.24, 2.45) is 0 Å². The van der Waals surface area contributed by atoms with Crippen molar-refractivity contribution in [1.29, 1.82) is 0 Å². The maximum Gasteiger partial charge on any atom is 0.137 e. The zero-order chi connectivity index (χ0) is 15.6. The van der Waals surface area contributed by atoms with Crippen molar-refractivity contribution in [1.82, 2.24) is 5.32 Å². The van der Waals surface area contributed by atoms with E-state index >= 15 is 0 Å². The molecular formula is C15H12Br2ClF2N. The smallest absolute Gasteiger partial charge is 0.137 e. The Morgan fingerprint density at radius 3 is 2.43 bits per heavy atom. The summed E-state index contributed by atoms with van der Waals surface area (Å²) in [5.41, 5.74) is 0.920. The Kier molecular flexibility index (Phi) is 5.77. The van der Waals surface area contributed by atoms with Gasteiger partial charge in [0.15, 0.2) is 0 Å². The maximum atomic E-state index is 14.2. The lowest BCUT2D eigenvalue weighted by Crippen LogP contribution is -2.23. The van der Waals surface area contributed by atoms with E-state index in [4.69, 9.17) is 11.6 Å². The van der Waals surface area contributed by atoms with Crippen LogP contribution in [0.4, 0.5) is 8.78 Å². The third-order valence-electron chi connectivity index (χ3n) is 3.03. The Bertz CT molecular complexity index is 664. The highest BCUT2D eigenvalue weighted by molar-refractivity contribution is 9.10. The van der Waals surface area contributed by atoms with Crippen molar-refractivity contribution in [3.05, 3.63) is 67.1 Å². The molecule has 0 radical (unpaired) electrons. The summed E-state index contributed by atoms with van der Waals surface area (Å²) in [4.78, 5) is 0. The van der Waals surface area contributed by atoms with Gasteiger partial charge in [-0.3, -0.25) is 0 Å². The highest BCUT2D eigenvalue weighted by Crippen LogP contribution is 2.33. The SMILES string of the molecule is CCNC(c1cc(F)c(Br)cc1F)c1ccc(Br)cc1Cl. The number of hydrogen-bond donors (Lipinski definition) is 1. The molecule has 1 N–H and O–H groups in total. The molecule has 2 aromatic carbocycles. The predicted molar refractivity (Wildman–Crippen MR) is 88.7 cm³/mol. The first-order valence-corrected chi connectivity index (χ1v) is 8.23. The molecule has 0 fully saturated rings. The molecule has 112 valence electrons. The Morgan fingerprint density at radius 2 is 1.81 bits per heavy atom. The van der Waals surface area contributed by atoms with Crippen molar-refractivity contribution < 1.29 is 8.78 Å². The van der Waals surface area contributed by atoms with Crippen LogP contribution in [0, 0.1) is 11.6 Å². The average Bonchev–Trinajstić information content (AvgIpc) is 2.41. The van der Waals surface area contributed by atoms with Gasteiger partial charge < -0.3 is 5.32 Å². The molecule has 2 aromatic rings. The van der Waals surface area contributed by atoms with Crippen LogP contribution in [0.15, 0.2) is 39.3 Å². The molecule has 6 heteroatoms. The van der Waals surface area contributed by atoms with Gasteiger partial charge in [0, 0.05) is 15.1 Å². The summed E-state index contributed by atoms with van der Waals surface area (Å²) in [5, 5.41) is 3.63. The molecule has 0 aliphatic heterocycles. The van der Waals surface area contributed by atoms with E-state index in [-0.39, 0.29) is 10.0 Å². The molecular weight excluding hydrogens is 427 g/mol. The molecule has 0 amide bonds. The number of rotatable bonds is 4. The minimum Gasteiger partial charge on any atom is -0.306 e. The van der Waals surface area contributed by atoms with Gasteiger partial charge in [0.2, 0.25) is 0 Å². The molecule has 1 atom stereocenters. The van der Waals surface area contributed by atoms with Crippen LogP contribution < -0.4 is 5.32 Å². The normalized spacial score (nSPS) is 12.5. The number of nitrogens with one attached hydrogen (secondary N) is 1. The molecule has 0 bridgehead atoms. The maximum absolute atomic E-state index is 14.2. The third-order valence-corrected chi connectivity index (χ3v) is 4.46. The molecule has 0 saturated heterocycles. The van der Waals surface area contributed by atoms with Crippen LogP contribution in [0.3, 0.4) is 0 Å². The molecule has 0 aromatic heterocycles. The number of hydrogen-bond acceptors (Lipinski definition) is 1. The molecule has 0 saturated carbocycles. The second-order valence-electron chi connectivity index (χ2n) is 4.44. The standard InChI is InChI=1S/C15H12Br2ClF2N/c1-2-21-15(9-4-3-8(16)5-12(9)18)10-6-14(20)11(17)7-13(10)19/h3-7,15,21H,2H2,1H3. The van der Waals surface area contributed by atoms with Crippen LogP contribution in [0.1, 0.15) is 24.1 Å². The summed E-state index contributed by atoms with van der Waals surface area (Å²) in [7, 11) is 0. The van der Waals surface area contributed by atoms with Gasteiger partial charge in [-0.2, -0.15) is 0 Å². The predicted octanol–water partition coefficient (Wildman–Crippen LogP) is 5.84. The molecule has 0 aliphatic rings. The van der Waals surface area contributed by atoms with Gasteiger partial charge in [-0.1, -0.05) is 40.5 Å². The first-order valence-electron chi connectivity index (χ1n) is 6.26. The summed E-state index contributed by atoms with van der Waals surface area (Å²) >= 11 is 12.5. The van der Waals surface area contributed by atoms with Crippen LogP contribution in [-0.2, 0) is 0 Å². The first-order chi connectivity index (χ1) is 9.93. The summed E-state index contributed by atoms with van der Waals surface area (Å²) in [6.07, 6.45) is 0. The second-order valence-corrected chi connectivity index (χ2v) is 6.62. The van der Waals surface area contributed by atoms with Gasteiger partial charge in [0.25, 0.3) is 0 Å². The fraction of sp³-hybridized carbons (Fsp3) is 0.200. The van der Waals surface area contributed by atoms with E-state index in [1.807, 2.05) is 13.0 Å². The Morgan fingerprint density at radius 1 is 1.10 bits per heavy atom. The lowest BCUT2D eigenvalue weighted by molar-refractivity contribution is 0.542. The van der Waals surface area contributed by atoms with E-state index in [9.17, 15) is 8.78 Å². The van der Waals surface area contributed by atoms with E-state index in [2.05, 4.69) is 37.2 Å². The van der Waals surface area contributed by atoms with Gasteiger partial charge in [0.05, 0.1) is 10.5 Å². The Balaban J connectivity index is 2.55. The largest absolute Gasteiger partial charge is 0.306 e. The van der Waals surface area contributed by atoms with Crippen LogP contribution in [0.5, 0.6) is 0 Å². The zero-order valence-corrected chi connectivity index (χ0v) is 15.0. The van der Waals surface area contributed by atoms with E-state index in [1.165, 1.54) is 6.07 Å². The van der Waals surface area contributed by atoms with Gasteiger partial charge in [-0.25, -0.2) is 8.78 Å². The van der Waals surface area contributed by atoms with Gasteiger partial charge in [0.1, 0.15) is 11.6 Å². The zero-order valence-electron chi connectivity index (χ0n) is 11.1. The van der Waals surface area contributed by atoms with Crippen LogP contribution >= 0.6 is 43.5 Å². The van der Waals surface area contributed by atoms with Crippen molar-refractivity contribution in [2.75, 3.05) is 6.54 Å². The highest BCUT2D eigenvalue weighted by atomic mass is 79.9. The van der Waals surface area contributed by atoms with Crippen molar-refractivity contribution in [2.45, 2.75) is 13.0 Å². The molecule has 0 aliphatic carbocycles. The Labute approximate surface area is 144 Å². The number of halogens is 5. The van der Waals surface area contributed by atoms with Crippen LogP contribution in [0.2, 0.25) is 5.02 Å². The lowest BCUT2D eigenvalue weighted by Gasteiger charge is -2.21. The minimum absolute atomic E-state index is 0.0981. The van der Waals surface area contributed by atoms with Gasteiger partial charge >= 0.3 is 0 Å². The molecule has 0 spiro atoms. The first kappa shape index (κ1) is 16.9. The average molecular weight is 440 g/mol. The topological polar surface area (TPSA) is 12.0 Å². The Hall–Kier alpha value is -0.490. The monoisotopic (exact) mass is 437 g/mol. The van der Waals surface area contributed by atoms with Gasteiger partial charge in [-0.15, -0.1) is 0 Å². The number of benzene rings is 2. The summed E-state index contributed by atoms with van der Waals surface area (Å²) in [6, 6.07) is 7.14. The van der Waals surface area contributed by atoms with E-state index < -0.39 is 17.7 Å². The van der Waals surface area contributed by atoms with E-state index in [0.29, 0.717) is 17.1 Å². The van der Waals surface area contributed by atoms with Crippen LogP contribution in [-0.4, -0.2) is 6.54 Å². The molecule has 1 nitrogen and oxygen atoms in total. The van der Waals surface area contributed by atoms with Crippen LogP contribution in [0.25, 0.3) is 0 Å². The quantitative estimate of drug-likeness (QED) is 0.590. The van der Waals surface area contributed by atoms with E-state index in [1.54, 1.807) is 12.1 Å². The molecule has 0 heterocycles. The van der Waals surface area contributed by atoms with Crippen molar-refractivity contribution in [3.63, 3.8) is 0 Å². The third kappa shape index (κ3) is 3.83. The molecule has 2 rings (SSSR count). The van der Waals surface area contributed by atoms with Gasteiger partial charge in [-0.05, 0) is 52.3 Å². The second kappa shape index (κ2) is 7.18. The van der Waals surface area contributed by atoms with Crippen molar-refractivity contribution in [3.8, 4) is 0 Å². The summed E-state index contributed by atoms with van der Waals surface area (Å²) in [5.74, 6) is -1.00. The fourth-order valence-corrected chi connectivity index (χ4v) is 3.18. The molecule has 1 unspecified atom stereocenters. The summed E-state index contributed by atoms with van der Waals surface area (Å²) < 4.78 is 28.9. The molecule has 21 heavy (non-hydrogen) atoms.